The number of amides is 1. The first-order valence-electron chi connectivity index (χ1n) is 8.51. The summed E-state index contributed by atoms with van der Waals surface area (Å²) in [5.41, 5.74) is 2.17. The summed E-state index contributed by atoms with van der Waals surface area (Å²) in [5.74, 6) is 1.39. The number of hydrogen-bond acceptors (Lipinski definition) is 6. The molecule has 1 amide bonds. The largest absolute Gasteiger partial charge is 0.497 e. The Kier molecular flexibility index (Phi) is 7.35. The number of carbonyl (C=O) groups is 1. The Morgan fingerprint density at radius 3 is 2.59 bits per heavy atom. The molecule has 152 valence electrons. The molecule has 1 N–H and O–H groups in total. The van der Waals surface area contributed by atoms with Crippen LogP contribution in [0.3, 0.4) is 0 Å². The van der Waals surface area contributed by atoms with E-state index in [-0.39, 0.29) is 17.4 Å². The van der Waals surface area contributed by atoms with Crippen LogP contribution in [0, 0.1) is 5.82 Å². The molecule has 0 spiro atoms. The zero-order valence-corrected chi connectivity index (χ0v) is 18.1. The number of ether oxygens (including phenoxy) is 2. The molecule has 0 unspecified atom stereocenters. The number of methoxy groups -OCH3 is 2. The zero-order valence-electron chi connectivity index (χ0n) is 15.7. The lowest BCUT2D eigenvalue weighted by atomic mass is 10.2. The van der Waals surface area contributed by atoms with Gasteiger partial charge in [0.15, 0.2) is 0 Å². The van der Waals surface area contributed by atoms with E-state index in [1.54, 1.807) is 26.0 Å². The van der Waals surface area contributed by atoms with Crippen molar-refractivity contribution in [1.29, 1.82) is 0 Å². The maximum Gasteiger partial charge on any atom is 0.230 e. The summed E-state index contributed by atoms with van der Waals surface area (Å²) in [6, 6.07) is 9.77. The molecule has 9 heteroatoms. The lowest BCUT2D eigenvalue weighted by Gasteiger charge is -2.07. The Bertz CT molecular complexity index is 991. The molecule has 1 aromatic heterocycles. The number of aromatic nitrogens is 1. The molecular weight excluding hydrogens is 435 g/mol. The molecule has 3 aromatic rings. The number of hydrogen-bond donors (Lipinski definition) is 1. The van der Waals surface area contributed by atoms with Gasteiger partial charge in [-0.2, -0.15) is 0 Å². The molecule has 3 rings (SSSR count). The number of anilines is 1. The lowest BCUT2D eigenvalue weighted by Crippen LogP contribution is -2.14. The Balaban J connectivity index is 1.56. The van der Waals surface area contributed by atoms with Crippen molar-refractivity contribution in [2.75, 3.05) is 19.5 Å². The number of thiazole rings is 1. The zero-order chi connectivity index (χ0) is 20.8. The van der Waals surface area contributed by atoms with E-state index in [4.69, 9.17) is 21.1 Å². The van der Waals surface area contributed by atoms with Crippen LogP contribution in [0.1, 0.15) is 11.3 Å². The van der Waals surface area contributed by atoms with Gasteiger partial charge in [-0.05, 0) is 35.9 Å². The minimum absolute atomic E-state index is 0.0377. The number of carbonyl (C=O) groups excluding carboxylic acids is 1. The third-order valence-electron chi connectivity index (χ3n) is 3.85. The number of halogens is 2. The van der Waals surface area contributed by atoms with Crippen LogP contribution in [0.25, 0.3) is 0 Å². The first-order valence-corrected chi connectivity index (χ1v) is 10.7. The van der Waals surface area contributed by atoms with E-state index >= 15 is 0 Å². The van der Waals surface area contributed by atoms with Crippen molar-refractivity contribution in [3.63, 3.8) is 0 Å². The smallest absolute Gasteiger partial charge is 0.230 e. The molecule has 1 heterocycles. The predicted octanol–water partition coefficient (Wildman–Crippen LogP) is 5.43. The van der Waals surface area contributed by atoms with Crippen molar-refractivity contribution in [1.82, 2.24) is 4.98 Å². The molecule has 29 heavy (non-hydrogen) atoms. The molecule has 0 aliphatic rings. The second kappa shape index (κ2) is 9.96. The summed E-state index contributed by atoms with van der Waals surface area (Å²) in [4.78, 5) is 16.7. The molecule has 0 saturated carbocycles. The second-order valence-corrected chi connectivity index (χ2v) is 8.46. The lowest BCUT2D eigenvalue weighted by molar-refractivity contribution is -0.115. The molecule has 2 aromatic carbocycles. The standard InChI is InChI=1S/C20H18ClFN2O3S2/c1-26-15-5-12(6-16(9-15)27-2)10-28-20-24-14(11-29-20)8-19(25)23-13-3-4-18(22)17(21)7-13/h3-7,9,11H,8,10H2,1-2H3,(H,23,25). The van der Waals surface area contributed by atoms with E-state index in [1.807, 2.05) is 23.6 Å². The topological polar surface area (TPSA) is 60.5 Å². The average molecular weight is 453 g/mol. The number of nitrogens with zero attached hydrogens (tertiary/aromatic N) is 1. The Hall–Kier alpha value is -2.29. The van der Waals surface area contributed by atoms with Crippen molar-refractivity contribution in [2.45, 2.75) is 16.5 Å². The SMILES string of the molecule is COc1cc(CSc2nc(CC(=O)Nc3ccc(F)c(Cl)c3)cs2)cc(OC)c1. The molecule has 0 saturated heterocycles. The van der Waals surface area contributed by atoms with Crippen molar-refractivity contribution in [2.24, 2.45) is 0 Å². The van der Waals surface area contributed by atoms with Crippen LogP contribution < -0.4 is 14.8 Å². The van der Waals surface area contributed by atoms with E-state index in [2.05, 4.69) is 10.3 Å². The van der Waals surface area contributed by atoms with Crippen LogP contribution in [0.2, 0.25) is 5.02 Å². The maximum absolute atomic E-state index is 13.2. The van der Waals surface area contributed by atoms with Gasteiger partial charge >= 0.3 is 0 Å². The first kappa shape index (κ1) is 21.4. The Labute approximate surface area is 181 Å². The molecule has 0 atom stereocenters. The number of benzene rings is 2. The van der Waals surface area contributed by atoms with Gasteiger partial charge in [0.2, 0.25) is 5.91 Å². The highest BCUT2D eigenvalue weighted by atomic mass is 35.5. The van der Waals surface area contributed by atoms with Crippen molar-refractivity contribution >= 4 is 46.3 Å². The van der Waals surface area contributed by atoms with E-state index in [0.717, 1.165) is 21.4 Å². The van der Waals surface area contributed by atoms with E-state index < -0.39 is 5.82 Å². The number of rotatable bonds is 8. The summed E-state index contributed by atoms with van der Waals surface area (Å²) < 4.78 is 24.6. The minimum atomic E-state index is -0.528. The average Bonchev–Trinajstić information content (AvgIpc) is 3.16. The van der Waals surface area contributed by atoms with E-state index in [9.17, 15) is 9.18 Å². The van der Waals surface area contributed by atoms with Crippen molar-refractivity contribution in [3.8, 4) is 11.5 Å². The summed E-state index contributed by atoms with van der Waals surface area (Å²) in [7, 11) is 3.23. The van der Waals surface area contributed by atoms with Crippen LogP contribution in [0.15, 0.2) is 46.1 Å². The van der Waals surface area contributed by atoms with Gasteiger partial charge in [-0.1, -0.05) is 23.4 Å². The molecule has 0 fully saturated rings. The van der Waals surface area contributed by atoms with Gasteiger partial charge in [0.05, 0.1) is 31.4 Å². The van der Waals surface area contributed by atoms with Gasteiger partial charge in [0.25, 0.3) is 0 Å². The van der Waals surface area contributed by atoms with Crippen LogP contribution >= 0.6 is 34.7 Å². The van der Waals surface area contributed by atoms with Crippen LogP contribution in [-0.4, -0.2) is 25.1 Å². The van der Waals surface area contributed by atoms with Crippen LogP contribution in [0.5, 0.6) is 11.5 Å². The van der Waals surface area contributed by atoms with Gasteiger partial charge < -0.3 is 14.8 Å². The minimum Gasteiger partial charge on any atom is -0.497 e. The summed E-state index contributed by atoms with van der Waals surface area (Å²) in [6.07, 6.45) is 0.124. The molecule has 0 bridgehead atoms. The van der Waals surface area contributed by atoms with Gasteiger partial charge in [0.1, 0.15) is 21.7 Å². The molecule has 0 radical (unpaired) electrons. The number of thioether (sulfide) groups is 1. The quantitative estimate of drug-likeness (QED) is 0.462. The maximum atomic E-state index is 13.2. The third-order valence-corrected chi connectivity index (χ3v) is 6.28. The van der Waals surface area contributed by atoms with E-state index in [0.29, 0.717) is 17.1 Å². The Morgan fingerprint density at radius 2 is 1.93 bits per heavy atom. The molecule has 0 aliphatic carbocycles. The normalized spacial score (nSPS) is 10.6. The van der Waals surface area contributed by atoms with E-state index in [1.165, 1.54) is 29.5 Å². The van der Waals surface area contributed by atoms with Gasteiger partial charge in [-0.25, -0.2) is 9.37 Å². The van der Waals surface area contributed by atoms with Crippen LogP contribution in [-0.2, 0) is 17.0 Å². The highest BCUT2D eigenvalue weighted by Crippen LogP contribution is 2.30. The van der Waals surface area contributed by atoms with Gasteiger partial charge in [-0.15, -0.1) is 11.3 Å². The van der Waals surface area contributed by atoms with Gasteiger partial charge in [-0.3, -0.25) is 4.79 Å². The fraction of sp³-hybridized carbons (Fsp3) is 0.200. The predicted molar refractivity (Wildman–Crippen MR) is 115 cm³/mol. The Morgan fingerprint density at radius 1 is 1.21 bits per heavy atom. The van der Waals surface area contributed by atoms with Gasteiger partial charge in [0, 0.05) is 22.9 Å². The summed E-state index contributed by atoms with van der Waals surface area (Å²) in [5, 5.41) is 4.51. The fourth-order valence-electron chi connectivity index (χ4n) is 2.47. The highest BCUT2D eigenvalue weighted by molar-refractivity contribution is 8.00. The summed E-state index contributed by atoms with van der Waals surface area (Å²) >= 11 is 8.78. The van der Waals surface area contributed by atoms with Crippen LogP contribution in [0.4, 0.5) is 10.1 Å². The van der Waals surface area contributed by atoms with Crippen molar-refractivity contribution < 1.29 is 18.7 Å². The molecular formula is C20H18ClFN2O3S2. The number of nitrogens with one attached hydrogen (secondary N) is 1. The fourth-order valence-corrected chi connectivity index (χ4v) is 4.43. The third kappa shape index (κ3) is 6.09. The first-order chi connectivity index (χ1) is 14.0. The molecule has 5 nitrogen and oxygen atoms in total. The second-order valence-electron chi connectivity index (χ2n) is 5.97. The molecule has 0 aliphatic heterocycles. The highest BCUT2D eigenvalue weighted by Gasteiger charge is 2.11. The van der Waals surface area contributed by atoms with Crippen molar-refractivity contribution in [3.05, 3.63) is 63.9 Å². The summed E-state index contributed by atoms with van der Waals surface area (Å²) in [6.45, 7) is 0. The monoisotopic (exact) mass is 452 g/mol.